The Labute approximate surface area is 258 Å². The lowest BCUT2D eigenvalue weighted by Crippen LogP contribution is -2.58. The summed E-state index contributed by atoms with van der Waals surface area (Å²) >= 11 is 12.5. The minimum absolute atomic E-state index is 0.0537. The summed E-state index contributed by atoms with van der Waals surface area (Å²) in [6.45, 7) is 4.34. The summed E-state index contributed by atoms with van der Waals surface area (Å²) in [6.07, 6.45) is -4.63. The summed E-state index contributed by atoms with van der Waals surface area (Å²) in [7, 11) is 0. The molecular formula is C31H32Cl2F3N3O4. The molecule has 2 amide bonds. The van der Waals surface area contributed by atoms with E-state index in [1.54, 1.807) is 62.4 Å². The molecule has 0 radical (unpaired) electrons. The molecule has 3 aromatic rings. The maximum Gasteiger partial charge on any atom is 0.416 e. The number of aliphatic hydroxyl groups excluding tert-OH is 2. The molecule has 3 aromatic carbocycles. The molecule has 1 heterocycles. The molecule has 0 aliphatic carbocycles. The summed E-state index contributed by atoms with van der Waals surface area (Å²) < 4.78 is 46.9. The van der Waals surface area contributed by atoms with Gasteiger partial charge in [-0.05, 0) is 74.4 Å². The van der Waals surface area contributed by atoms with Crippen LogP contribution in [-0.2, 0) is 17.3 Å². The highest BCUT2D eigenvalue weighted by Gasteiger charge is 2.60. The largest absolute Gasteiger partial charge is 0.493 e. The molecule has 0 spiro atoms. The third-order valence-electron chi connectivity index (χ3n) is 7.80. The standard InChI is InChI=1S/C31H32Cl2F3N3O4/c1-4-43-26-19-22(31(34,35)36)9-14-25(26)27-37-29(2,20-5-10-23(32)11-6-20)30(3,21-7-12-24(33)13-8-21)39(27)28(42)38(15-17-40)16-18-41/h5-14,19,40-41H,4,15-18H2,1-3H3/t29-,30-/m0/s1. The molecule has 43 heavy (non-hydrogen) atoms. The molecule has 1 aliphatic heterocycles. The highest BCUT2D eigenvalue weighted by molar-refractivity contribution is 6.30. The fourth-order valence-corrected chi connectivity index (χ4v) is 5.66. The van der Waals surface area contributed by atoms with E-state index in [0.717, 1.165) is 12.1 Å². The smallest absolute Gasteiger partial charge is 0.416 e. The highest BCUT2D eigenvalue weighted by atomic mass is 35.5. The molecule has 0 bridgehead atoms. The molecule has 2 N–H and O–H groups in total. The minimum atomic E-state index is -4.63. The molecule has 2 atom stereocenters. The van der Waals surface area contributed by atoms with Crippen LogP contribution < -0.4 is 4.74 Å². The average molecular weight is 639 g/mol. The van der Waals surface area contributed by atoms with Crippen molar-refractivity contribution in [1.82, 2.24) is 9.80 Å². The van der Waals surface area contributed by atoms with Gasteiger partial charge in [-0.15, -0.1) is 0 Å². The van der Waals surface area contributed by atoms with Gasteiger partial charge in [0.15, 0.2) is 0 Å². The van der Waals surface area contributed by atoms with E-state index in [1.165, 1.54) is 15.9 Å². The van der Waals surface area contributed by atoms with Crippen molar-refractivity contribution in [3.63, 3.8) is 0 Å². The molecule has 7 nitrogen and oxygen atoms in total. The number of benzene rings is 3. The molecular weight excluding hydrogens is 606 g/mol. The first-order valence-electron chi connectivity index (χ1n) is 13.6. The normalized spacial score (nSPS) is 20.2. The molecule has 0 saturated heterocycles. The van der Waals surface area contributed by atoms with E-state index >= 15 is 0 Å². The van der Waals surface area contributed by atoms with E-state index in [-0.39, 0.29) is 50.1 Å². The van der Waals surface area contributed by atoms with Crippen molar-refractivity contribution < 1.29 is 32.9 Å². The zero-order chi connectivity index (χ0) is 31.6. The SMILES string of the molecule is CCOc1cc(C(F)(F)F)ccc1C1=N[C@@](C)(c2ccc(Cl)cc2)[C@](C)(c2ccc(Cl)cc2)N1C(=O)N(CCO)CCO. The Morgan fingerprint density at radius 2 is 1.47 bits per heavy atom. The van der Waals surface area contributed by atoms with E-state index < -0.39 is 28.8 Å². The van der Waals surface area contributed by atoms with Gasteiger partial charge in [0, 0.05) is 23.1 Å². The van der Waals surface area contributed by atoms with Crippen LogP contribution >= 0.6 is 23.2 Å². The van der Waals surface area contributed by atoms with E-state index in [4.69, 9.17) is 32.9 Å². The molecule has 0 aromatic heterocycles. The molecule has 12 heteroatoms. The minimum Gasteiger partial charge on any atom is -0.493 e. The Morgan fingerprint density at radius 3 is 1.95 bits per heavy atom. The Bertz CT molecular complexity index is 1480. The number of carbonyl (C=O) groups is 1. The number of urea groups is 1. The zero-order valence-electron chi connectivity index (χ0n) is 23.8. The van der Waals surface area contributed by atoms with Crippen molar-refractivity contribution in [3.05, 3.63) is 99.0 Å². The predicted octanol–water partition coefficient (Wildman–Crippen LogP) is 6.71. The molecule has 0 fully saturated rings. The average Bonchev–Trinajstić information content (AvgIpc) is 3.21. The third-order valence-corrected chi connectivity index (χ3v) is 8.30. The van der Waals surface area contributed by atoms with Crippen molar-refractivity contribution in [2.75, 3.05) is 32.9 Å². The van der Waals surface area contributed by atoms with Gasteiger partial charge in [-0.1, -0.05) is 47.5 Å². The maximum atomic E-state index is 14.5. The topological polar surface area (TPSA) is 85.6 Å². The first kappa shape index (κ1) is 32.6. The summed E-state index contributed by atoms with van der Waals surface area (Å²) in [5, 5.41) is 20.5. The highest BCUT2D eigenvalue weighted by Crippen LogP contribution is 2.54. The number of hydrogen-bond acceptors (Lipinski definition) is 5. The van der Waals surface area contributed by atoms with Gasteiger partial charge in [0.1, 0.15) is 22.7 Å². The lowest BCUT2D eigenvalue weighted by molar-refractivity contribution is -0.137. The number of alkyl halides is 3. The van der Waals surface area contributed by atoms with E-state index in [9.17, 15) is 28.2 Å². The van der Waals surface area contributed by atoms with Gasteiger partial charge in [0.05, 0.1) is 30.9 Å². The van der Waals surface area contributed by atoms with Gasteiger partial charge in [0.25, 0.3) is 0 Å². The van der Waals surface area contributed by atoms with Crippen LogP contribution in [0.5, 0.6) is 5.75 Å². The molecule has 230 valence electrons. The number of carbonyl (C=O) groups excluding carboxylic acids is 1. The van der Waals surface area contributed by atoms with Crippen LogP contribution in [-0.4, -0.2) is 64.8 Å². The van der Waals surface area contributed by atoms with Gasteiger partial charge in [0.2, 0.25) is 0 Å². The molecule has 4 rings (SSSR count). The lowest BCUT2D eigenvalue weighted by Gasteiger charge is -2.46. The van der Waals surface area contributed by atoms with Crippen molar-refractivity contribution in [2.45, 2.75) is 38.0 Å². The second-order valence-corrected chi connectivity index (χ2v) is 11.2. The molecule has 0 unspecified atom stereocenters. The van der Waals surface area contributed by atoms with Crippen molar-refractivity contribution in [1.29, 1.82) is 0 Å². The van der Waals surface area contributed by atoms with Crippen molar-refractivity contribution in [2.24, 2.45) is 4.99 Å². The van der Waals surface area contributed by atoms with Crippen LogP contribution in [0.25, 0.3) is 0 Å². The van der Waals surface area contributed by atoms with Gasteiger partial charge < -0.3 is 19.8 Å². The van der Waals surface area contributed by atoms with Crippen molar-refractivity contribution >= 4 is 35.1 Å². The first-order chi connectivity index (χ1) is 20.3. The third kappa shape index (κ3) is 6.06. The Balaban J connectivity index is 2.08. The number of aliphatic hydroxyl groups is 2. The number of nitrogens with zero attached hydrogens (tertiary/aromatic N) is 3. The van der Waals surface area contributed by atoms with E-state index in [0.29, 0.717) is 21.2 Å². The Hall–Kier alpha value is -3.31. The van der Waals surface area contributed by atoms with Gasteiger partial charge in [-0.2, -0.15) is 13.2 Å². The monoisotopic (exact) mass is 637 g/mol. The van der Waals surface area contributed by atoms with Crippen LogP contribution in [0.15, 0.2) is 71.7 Å². The summed E-state index contributed by atoms with van der Waals surface area (Å²) in [4.78, 5) is 22.3. The first-order valence-corrected chi connectivity index (χ1v) is 14.3. The van der Waals surface area contributed by atoms with Crippen LogP contribution in [0, 0.1) is 0 Å². The predicted molar refractivity (Wildman–Crippen MR) is 160 cm³/mol. The molecule has 1 aliphatic rings. The van der Waals surface area contributed by atoms with Crippen LogP contribution in [0.2, 0.25) is 10.0 Å². The second-order valence-electron chi connectivity index (χ2n) is 10.3. The zero-order valence-corrected chi connectivity index (χ0v) is 25.3. The van der Waals surface area contributed by atoms with Gasteiger partial charge in [-0.3, -0.25) is 9.89 Å². The fraction of sp³-hybridized carbons (Fsp3) is 0.355. The Kier molecular flexibility index (Phi) is 9.66. The fourth-order valence-electron chi connectivity index (χ4n) is 5.41. The van der Waals surface area contributed by atoms with Gasteiger partial charge >= 0.3 is 12.2 Å². The van der Waals surface area contributed by atoms with Crippen LogP contribution in [0.1, 0.15) is 43.0 Å². The van der Waals surface area contributed by atoms with Crippen LogP contribution in [0.4, 0.5) is 18.0 Å². The number of aliphatic imine (C=N–C) groups is 1. The number of amides is 2. The summed E-state index contributed by atoms with van der Waals surface area (Å²) in [6, 6.07) is 16.2. The second kappa shape index (κ2) is 12.7. The number of halogens is 5. The van der Waals surface area contributed by atoms with E-state index in [1.807, 2.05) is 6.92 Å². The number of amidine groups is 1. The molecule has 0 saturated carbocycles. The van der Waals surface area contributed by atoms with Crippen LogP contribution in [0.3, 0.4) is 0 Å². The van der Waals surface area contributed by atoms with Gasteiger partial charge in [-0.25, -0.2) is 4.79 Å². The number of hydrogen-bond donors (Lipinski definition) is 2. The van der Waals surface area contributed by atoms with E-state index in [2.05, 4.69) is 0 Å². The quantitative estimate of drug-likeness (QED) is 0.273. The summed E-state index contributed by atoms with van der Waals surface area (Å²) in [5.41, 5.74) is -2.00. The lowest BCUT2D eigenvalue weighted by atomic mass is 9.71. The maximum absolute atomic E-state index is 14.5. The van der Waals surface area contributed by atoms with Crippen molar-refractivity contribution in [3.8, 4) is 5.75 Å². The number of rotatable bonds is 9. The Morgan fingerprint density at radius 1 is 0.930 bits per heavy atom. The number of ether oxygens (including phenoxy) is 1. The summed E-state index contributed by atoms with van der Waals surface area (Å²) in [5.74, 6) is -0.0542.